The average molecular weight is 430 g/mol. The molecule has 0 aromatic heterocycles. The zero-order valence-corrected chi connectivity index (χ0v) is 17.3. The topological polar surface area (TPSA) is 137 Å². The van der Waals surface area contributed by atoms with Gasteiger partial charge < -0.3 is 14.9 Å². The Labute approximate surface area is 174 Å². The number of nitrogens with zero attached hydrogens (tertiary/aromatic N) is 1. The highest BCUT2D eigenvalue weighted by Gasteiger charge is 2.46. The van der Waals surface area contributed by atoms with Gasteiger partial charge in [-0.1, -0.05) is 30.3 Å². The molecule has 2 unspecified atom stereocenters. The molecule has 1 fully saturated rings. The molecule has 9 heteroatoms. The number of sulfonamides is 1. The van der Waals surface area contributed by atoms with Gasteiger partial charge >= 0.3 is 5.97 Å². The van der Waals surface area contributed by atoms with E-state index in [-0.39, 0.29) is 24.3 Å². The van der Waals surface area contributed by atoms with E-state index in [1.807, 2.05) is 6.07 Å². The summed E-state index contributed by atoms with van der Waals surface area (Å²) in [6.07, 6.45) is 0. The van der Waals surface area contributed by atoms with Gasteiger partial charge in [0.25, 0.3) is 0 Å². The van der Waals surface area contributed by atoms with Crippen molar-refractivity contribution in [2.45, 2.75) is 30.7 Å². The van der Waals surface area contributed by atoms with Crippen LogP contribution in [0.1, 0.15) is 35.3 Å². The molecular formula is C21H22N2O6S. The standard InChI is InChI=1S/C21H22N2O6S/c1-13(2)30(27,28)23-19-11-29-12-21(19,26)17-6-3-14(4-7-17)18-8-5-15(20(24)25)9-16(18)10-22/h3-9,13,19,23,26H,11-12H2,1-2H3,(H,24,25). The number of rotatable bonds is 6. The molecule has 158 valence electrons. The van der Waals surface area contributed by atoms with Gasteiger partial charge in [0.1, 0.15) is 5.60 Å². The van der Waals surface area contributed by atoms with Crippen LogP contribution in [0.25, 0.3) is 11.1 Å². The number of carboxylic acid groups (broad SMARTS) is 1. The Morgan fingerprint density at radius 2 is 1.93 bits per heavy atom. The second kappa shape index (κ2) is 8.16. The third-order valence-corrected chi connectivity index (χ3v) is 7.05. The Hall–Kier alpha value is -2.77. The number of hydrogen-bond acceptors (Lipinski definition) is 6. The van der Waals surface area contributed by atoms with Gasteiger partial charge in [-0.05, 0) is 42.7 Å². The molecule has 0 radical (unpaired) electrons. The molecule has 1 aliphatic heterocycles. The van der Waals surface area contributed by atoms with E-state index in [0.717, 1.165) is 0 Å². The van der Waals surface area contributed by atoms with Crippen molar-refractivity contribution in [3.8, 4) is 17.2 Å². The van der Waals surface area contributed by atoms with E-state index in [1.54, 1.807) is 44.2 Å². The van der Waals surface area contributed by atoms with E-state index in [1.165, 1.54) is 12.1 Å². The fourth-order valence-corrected chi connectivity index (χ4v) is 4.21. The van der Waals surface area contributed by atoms with E-state index in [4.69, 9.17) is 9.84 Å². The van der Waals surface area contributed by atoms with Crippen LogP contribution in [0.2, 0.25) is 0 Å². The van der Waals surface area contributed by atoms with Gasteiger partial charge in [-0.2, -0.15) is 5.26 Å². The van der Waals surface area contributed by atoms with Crippen LogP contribution in [0.3, 0.4) is 0 Å². The summed E-state index contributed by atoms with van der Waals surface area (Å²) in [5.74, 6) is -1.12. The molecule has 0 spiro atoms. The lowest BCUT2D eigenvalue weighted by atomic mass is 9.88. The monoisotopic (exact) mass is 430 g/mol. The highest BCUT2D eigenvalue weighted by molar-refractivity contribution is 7.90. The number of ether oxygens (including phenoxy) is 1. The van der Waals surface area contributed by atoms with E-state index >= 15 is 0 Å². The predicted octanol–water partition coefficient (Wildman–Crippen LogP) is 1.84. The molecule has 2 atom stereocenters. The second-order valence-corrected chi connectivity index (χ2v) is 9.73. The lowest BCUT2D eigenvalue weighted by Crippen LogP contribution is -2.51. The summed E-state index contributed by atoms with van der Waals surface area (Å²) in [6.45, 7) is 3.08. The first-order chi connectivity index (χ1) is 14.1. The fraction of sp³-hybridized carbons (Fsp3) is 0.333. The predicted molar refractivity (Wildman–Crippen MR) is 109 cm³/mol. The summed E-state index contributed by atoms with van der Waals surface area (Å²) in [5, 5.41) is 29.0. The van der Waals surface area contributed by atoms with Crippen molar-refractivity contribution in [2.24, 2.45) is 0 Å². The molecule has 0 saturated carbocycles. The Morgan fingerprint density at radius 1 is 1.27 bits per heavy atom. The van der Waals surface area contributed by atoms with Crippen molar-refractivity contribution in [2.75, 3.05) is 13.2 Å². The molecule has 1 aliphatic rings. The molecule has 0 bridgehead atoms. The molecule has 3 N–H and O–H groups in total. The maximum Gasteiger partial charge on any atom is 0.335 e. The second-order valence-electron chi connectivity index (χ2n) is 7.46. The molecule has 2 aromatic carbocycles. The number of carbonyl (C=O) groups is 1. The van der Waals surface area contributed by atoms with Crippen LogP contribution in [-0.4, -0.2) is 49.1 Å². The van der Waals surface area contributed by atoms with Crippen molar-refractivity contribution in [1.82, 2.24) is 4.72 Å². The maximum absolute atomic E-state index is 12.2. The Kier molecular flexibility index (Phi) is 5.97. The first-order valence-electron chi connectivity index (χ1n) is 9.28. The molecule has 2 aromatic rings. The van der Waals surface area contributed by atoms with Gasteiger partial charge in [-0.25, -0.2) is 17.9 Å². The van der Waals surface area contributed by atoms with Crippen molar-refractivity contribution in [1.29, 1.82) is 5.26 Å². The molecule has 8 nitrogen and oxygen atoms in total. The first-order valence-corrected chi connectivity index (χ1v) is 10.8. The third kappa shape index (κ3) is 4.08. The Balaban J connectivity index is 1.92. The quantitative estimate of drug-likeness (QED) is 0.636. The van der Waals surface area contributed by atoms with Crippen LogP contribution in [0.4, 0.5) is 0 Å². The van der Waals surface area contributed by atoms with E-state index in [9.17, 15) is 23.6 Å². The number of nitrogens with one attached hydrogen (secondary N) is 1. The normalized spacial score (nSPS) is 21.5. The van der Waals surface area contributed by atoms with Gasteiger partial charge in [0.05, 0.1) is 41.7 Å². The lowest BCUT2D eigenvalue weighted by Gasteiger charge is -2.29. The Bertz CT molecular complexity index is 1110. The molecule has 3 rings (SSSR count). The van der Waals surface area contributed by atoms with Crippen LogP contribution in [0.5, 0.6) is 0 Å². The molecule has 30 heavy (non-hydrogen) atoms. The highest BCUT2D eigenvalue weighted by Crippen LogP contribution is 2.33. The minimum absolute atomic E-state index is 0.0182. The van der Waals surface area contributed by atoms with Crippen molar-refractivity contribution < 1.29 is 28.2 Å². The molecule has 1 saturated heterocycles. The summed E-state index contributed by atoms with van der Waals surface area (Å²) in [6, 6.07) is 12.1. The number of carboxylic acids is 1. The molecular weight excluding hydrogens is 408 g/mol. The zero-order valence-electron chi connectivity index (χ0n) is 16.5. The van der Waals surface area contributed by atoms with Gasteiger partial charge in [0.15, 0.2) is 0 Å². The van der Waals surface area contributed by atoms with Crippen LogP contribution >= 0.6 is 0 Å². The zero-order chi connectivity index (χ0) is 22.1. The number of aliphatic hydroxyl groups is 1. The first kappa shape index (κ1) is 21.9. The van der Waals surface area contributed by atoms with E-state index in [0.29, 0.717) is 16.7 Å². The largest absolute Gasteiger partial charge is 0.478 e. The lowest BCUT2D eigenvalue weighted by molar-refractivity contribution is 0.0121. The number of nitriles is 1. The Morgan fingerprint density at radius 3 is 2.50 bits per heavy atom. The van der Waals surface area contributed by atoms with Crippen LogP contribution < -0.4 is 4.72 Å². The van der Waals surface area contributed by atoms with Gasteiger partial charge in [-0.3, -0.25) is 0 Å². The SMILES string of the molecule is CC(C)S(=O)(=O)NC1COCC1(O)c1ccc(-c2ccc(C(=O)O)cc2C#N)cc1. The maximum atomic E-state index is 12.2. The molecule has 1 heterocycles. The summed E-state index contributed by atoms with van der Waals surface area (Å²) in [5.41, 5.74) is 0.388. The van der Waals surface area contributed by atoms with E-state index < -0.39 is 32.9 Å². The summed E-state index contributed by atoms with van der Waals surface area (Å²) in [7, 11) is -3.61. The number of hydrogen-bond donors (Lipinski definition) is 3. The van der Waals surface area contributed by atoms with E-state index in [2.05, 4.69) is 4.72 Å². The fourth-order valence-electron chi connectivity index (χ4n) is 3.28. The number of aromatic carboxylic acids is 1. The summed E-state index contributed by atoms with van der Waals surface area (Å²) < 4.78 is 32.4. The third-order valence-electron chi connectivity index (χ3n) is 5.19. The van der Waals surface area contributed by atoms with Crippen molar-refractivity contribution >= 4 is 16.0 Å². The molecule has 0 amide bonds. The minimum Gasteiger partial charge on any atom is -0.478 e. The van der Waals surface area contributed by atoms with Crippen LogP contribution in [0, 0.1) is 11.3 Å². The molecule has 0 aliphatic carbocycles. The van der Waals surface area contributed by atoms with Gasteiger partial charge in [-0.15, -0.1) is 0 Å². The number of benzene rings is 2. The summed E-state index contributed by atoms with van der Waals surface area (Å²) >= 11 is 0. The average Bonchev–Trinajstić information content (AvgIpc) is 3.08. The van der Waals surface area contributed by atoms with Crippen molar-refractivity contribution in [3.05, 3.63) is 59.2 Å². The summed E-state index contributed by atoms with van der Waals surface area (Å²) in [4.78, 5) is 11.1. The highest BCUT2D eigenvalue weighted by atomic mass is 32.2. The minimum atomic E-state index is -3.61. The van der Waals surface area contributed by atoms with Crippen molar-refractivity contribution in [3.63, 3.8) is 0 Å². The smallest absolute Gasteiger partial charge is 0.335 e. The van der Waals surface area contributed by atoms with Crippen LogP contribution in [0.15, 0.2) is 42.5 Å². The van der Waals surface area contributed by atoms with Gasteiger partial charge in [0.2, 0.25) is 10.0 Å². The van der Waals surface area contributed by atoms with Gasteiger partial charge in [0, 0.05) is 0 Å². The van der Waals surface area contributed by atoms with Crippen LogP contribution in [-0.2, 0) is 20.4 Å².